The van der Waals surface area contributed by atoms with Crippen LogP contribution in [0, 0.1) is 5.92 Å². The van der Waals surface area contributed by atoms with Crippen molar-refractivity contribution >= 4 is 29.9 Å². The fraction of sp³-hybridized carbons (Fsp3) is 0.400. The topological polar surface area (TPSA) is 94.0 Å². The summed E-state index contributed by atoms with van der Waals surface area (Å²) in [5, 5.41) is 7.37. The van der Waals surface area contributed by atoms with Crippen LogP contribution in [0.25, 0.3) is 11.5 Å². The van der Waals surface area contributed by atoms with Gasteiger partial charge in [-0.1, -0.05) is 23.7 Å². The Balaban J connectivity index is 0.00000264. The molecule has 0 aliphatic heterocycles. The number of hydrogen-bond acceptors (Lipinski definition) is 5. The molecule has 6 nitrogen and oxygen atoms in total. The van der Waals surface area contributed by atoms with E-state index in [-0.39, 0.29) is 36.3 Å². The van der Waals surface area contributed by atoms with E-state index in [0.29, 0.717) is 16.7 Å². The fourth-order valence-corrected chi connectivity index (χ4v) is 1.89. The van der Waals surface area contributed by atoms with Gasteiger partial charge in [0.15, 0.2) is 5.82 Å². The van der Waals surface area contributed by atoms with Crippen LogP contribution < -0.4 is 11.1 Å². The second-order valence-corrected chi connectivity index (χ2v) is 5.78. The first-order valence-electron chi connectivity index (χ1n) is 7.04. The Bertz CT molecular complexity index is 643. The van der Waals surface area contributed by atoms with Crippen LogP contribution in [0.15, 0.2) is 28.8 Å². The van der Waals surface area contributed by atoms with E-state index in [4.69, 9.17) is 21.9 Å². The Morgan fingerprint density at radius 3 is 2.43 bits per heavy atom. The molecular formula is C15H20Cl2N4O2. The Labute approximate surface area is 146 Å². The quantitative estimate of drug-likeness (QED) is 0.856. The van der Waals surface area contributed by atoms with Gasteiger partial charge in [0.2, 0.25) is 5.91 Å². The van der Waals surface area contributed by atoms with E-state index in [1.54, 1.807) is 45.0 Å². The molecule has 3 unspecified atom stereocenters. The summed E-state index contributed by atoms with van der Waals surface area (Å²) in [5.74, 6) is 0.369. The van der Waals surface area contributed by atoms with Gasteiger partial charge < -0.3 is 15.6 Å². The number of halogens is 2. The summed E-state index contributed by atoms with van der Waals surface area (Å²) < 4.78 is 5.22. The molecule has 0 aliphatic carbocycles. The Kier molecular flexibility index (Phi) is 7.00. The highest BCUT2D eigenvalue weighted by Gasteiger charge is 2.22. The monoisotopic (exact) mass is 358 g/mol. The molecule has 1 heterocycles. The van der Waals surface area contributed by atoms with Gasteiger partial charge in [-0.05, 0) is 38.1 Å². The number of nitrogens with zero attached hydrogens (tertiary/aromatic N) is 2. The van der Waals surface area contributed by atoms with E-state index in [1.807, 2.05) is 0 Å². The van der Waals surface area contributed by atoms with Crippen molar-refractivity contribution in [3.05, 3.63) is 35.1 Å². The van der Waals surface area contributed by atoms with Crippen LogP contribution in [-0.4, -0.2) is 22.1 Å². The van der Waals surface area contributed by atoms with Crippen molar-refractivity contribution in [2.45, 2.75) is 32.9 Å². The second kappa shape index (κ2) is 8.29. The normalized spacial score (nSPS) is 14.5. The van der Waals surface area contributed by atoms with E-state index >= 15 is 0 Å². The molecular weight excluding hydrogens is 339 g/mol. The third kappa shape index (κ3) is 4.92. The zero-order valence-electron chi connectivity index (χ0n) is 13.1. The minimum atomic E-state index is -0.362. The number of carbonyl (C=O) groups excluding carboxylic acids is 1. The first kappa shape index (κ1) is 19.4. The standard InChI is InChI=1S/C15H19ClN4O2.ClH/c1-8(9(2)17)14(21)18-10(3)13-19-15(22-20-13)11-4-6-12(16)7-5-11;/h4-10H,17H2,1-3H3,(H,18,21);1H. The van der Waals surface area contributed by atoms with Crippen LogP contribution in [-0.2, 0) is 4.79 Å². The minimum Gasteiger partial charge on any atom is -0.346 e. The first-order chi connectivity index (χ1) is 10.4. The third-order valence-corrected chi connectivity index (χ3v) is 3.73. The number of nitrogens with two attached hydrogens (primary N) is 1. The van der Waals surface area contributed by atoms with Crippen molar-refractivity contribution in [3.8, 4) is 11.5 Å². The van der Waals surface area contributed by atoms with Crippen LogP contribution in [0.4, 0.5) is 0 Å². The number of carbonyl (C=O) groups is 1. The summed E-state index contributed by atoms with van der Waals surface area (Å²) in [4.78, 5) is 16.3. The predicted molar refractivity (Wildman–Crippen MR) is 91.4 cm³/mol. The van der Waals surface area contributed by atoms with E-state index in [2.05, 4.69) is 15.5 Å². The van der Waals surface area contributed by atoms with Gasteiger partial charge in [-0.2, -0.15) is 4.98 Å². The number of nitrogens with one attached hydrogen (secondary N) is 1. The molecule has 1 amide bonds. The second-order valence-electron chi connectivity index (χ2n) is 5.34. The number of amides is 1. The summed E-state index contributed by atoms with van der Waals surface area (Å²) in [6, 6.07) is 6.50. The van der Waals surface area contributed by atoms with Gasteiger partial charge in [-0.25, -0.2) is 0 Å². The molecule has 0 bridgehead atoms. The lowest BCUT2D eigenvalue weighted by Crippen LogP contribution is -2.39. The van der Waals surface area contributed by atoms with Gasteiger partial charge in [0.05, 0.1) is 6.04 Å². The van der Waals surface area contributed by atoms with Gasteiger partial charge in [-0.3, -0.25) is 4.79 Å². The zero-order valence-corrected chi connectivity index (χ0v) is 14.7. The molecule has 1 aromatic carbocycles. The maximum absolute atomic E-state index is 12.0. The molecule has 23 heavy (non-hydrogen) atoms. The molecule has 2 rings (SSSR count). The lowest BCUT2D eigenvalue weighted by molar-refractivity contribution is -0.125. The molecule has 0 radical (unpaired) electrons. The Hall–Kier alpha value is -1.63. The lowest BCUT2D eigenvalue weighted by atomic mass is 10.0. The Morgan fingerprint density at radius 1 is 1.26 bits per heavy atom. The highest BCUT2D eigenvalue weighted by molar-refractivity contribution is 6.30. The van der Waals surface area contributed by atoms with Gasteiger partial charge in [0.1, 0.15) is 0 Å². The van der Waals surface area contributed by atoms with Crippen LogP contribution >= 0.6 is 24.0 Å². The number of aromatic nitrogens is 2. The maximum Gasteiger partial charge on any atom is 0.257 e. The predicted octanol–water partition coefficient (Wildman–Crippen LogP) is 2.97. The van der Waals surface area contributed by atoms with Crippen LogP contribution in [0.5, 0.6) is 0 Å². The molecule has 0 aliphatic rings. The first-order valence-corrected chi connectivity index (χ1v) is 7.41. The van der Waals surface area contributed by atoms with Crippen molar-refractivity contribution in [1.82, 2.24) is 15.5 Å². The number of rotatable bonds is 5. The Morgan fingerprint density at radius 2 is 1.87 bits per heavy atom. The van der Waals surface area contributed by atoms with Crippen LogP contribution in [0.3, 0.4) is 0 Å². The highest BCUT2D eigenvalue weighted by Crippen LogP contribution is 2.21. The van der Waals surface area contributed by atoms with Crippen molar-refractivity contribution in [2.24, 2.45) is 11.7 Å². The number of hydrogen-bond donors (Lipinski definition) is 2. The third-order valence-electron chi connectivity index (χ3n) is 3.48. The van der Waals surface area contributed by atoms with E-state index in [1.165, 1.54) is 0 Å². The summed E-state index contributed by atoms with van der Waals surface area (Å²) >= 11 is 5.84. The molecule has 0 fully saturated rings. The van der Waals surface area contributed by atoms with E-state index < -0.39 is 0 Å². The summed E-state index contributed by atoms with van der Waals surface area (Å²) in [7, 11) is 0. The SMILES string of the molecule is CC(NC(=O)C(C)C(C)N)c1noc(-c2ccc(Cl)cc2)n1.Cl. The maximum atomic E-state index is 12.0. The molecule has 126 valence electrons. The summed E-state index contributed by atoms with van der Waals surface area (Å²) in [5.41, 5.74) is 6.49. The van der Waals surface area contributed by atoms with Crippen LogP contribution in [0.2, 0.25) is 5.02 Å². The van der Waals surface area contributed by atoms with Crippen molar-refractivity contribution < 1.29 is 9.32 Å². The van der Waals surface area contributed by atoms with Gasteiger partial charge in [0.25, 0.3) is 5.89 Å². The van der Waals surface area contributed by atoms with Crippen molar-refractivity contribution in [1.29, 1.82) is 0 Å². The number of benzene rings is 1. The molecule has 3 atom stereocenters. The molecule has 0 saturated carbocycles. The molecule has 8 heteroatoms. The highest BCUT2D eigenvalue weighted by atomic mass is 35.5. The molecule has 1 aromatic heterocycles. The lowest BCUT2D eigenvalue weighted by Gasteiger charge is -2.17. The molecule has 2 aromatic rings. The van der Waals surface area contributed by atoms with Gasteiger partial charge >= 0.3 is 0 Å². The van der Waals surface area contributed by atoms with E-state index in [0.717, 1.165) is 5.56 Å². The average molecular weight is 359 g/mol. The molecule has 3 N–H and O–H groups in total. The van der Waals surface area contributed by atoms with Gasteiger partial charge in [0, 0.05) is 22.5 Å². The summed E-state index contributed by atoms with van der Waals surface area (Å²) in [6.07, 6.45) is 0. The zero-order chi connectivity index (χ0) is 16.3. The van der Waals surface area contributed by atoms with Gasteiger partial charge in [-0.15, -0.1) is 12.4 Å². The fourth-order valence-electron chi connectivity index (χ4n) is 1.77. The molecule has 0 spiro atoms. The average Bonchev–Trinajstić information content (AvgIpc) is 2.96. The smallest absolute Gasteiger partial charge is 0.257 e. The van der Waals surface area contributed by atoms with Crippen LogP contribution in [0.1, 0.15) is 32.6 Å². The van der Waals surface area contributed by atoms with Crippen molar-refractivity contribution in [2.75, 3.05) is 0 Å². The van der Waals surface area contributed by atoms with Crippen molar-refractivity contribution in [3.63, 3.8) is 0 Å². The minimum absolute atomic E-state index is 0. The largest absolute Gasteiger partial charge is 0.346 e. The van der Waals surface area contributed by atoms with E-state index in [9.17, 15) is 4.79 Å². The molecule has 0 saturated heterocycles. The summed E-state index contributed by atoms with van der Waals surface area (Å²) in [6.45, 7) is 5.37.